The van der Waals surface area contributed by atoms with Crippen molar-refractivity contribution in [3.05, 3.63) is 220 Å². The quantitative estimate of drug-likeness (QED) is 0.147. The first-order valence-electron chi connectivity index (χ1n) is 27.3. The third kappa shape index (κ3) is 5.13. The van der Waals surface area contributed by atoms with E-state index in [9.17, 15) is 0 Å². The first-order valence-corrected chi connectivity index (χ1v) is 27.3. The largest absolute Gasteiger partial charge is 0.310 e. The van der Waals surface area contributed by atoms with Gasteiger partial charge >= 0.3 is 0 Å². The average Bonchev–Trinajstić information content (AvgIpc) is 4.22. The van der Waals surface area contributed by atoms with Gasteiger partial charge < -0.3 is 9.13 Å². The molecule has 74 heavy (non-hydrogen) atoms. The van der Waals surface area contributed by atoms with Crippen LogP contribution in [0.1, 0.15) is 124 Å². The van der Waals surface area contributed by atoms with E-state index >= 15 is 0 Å². The van der Waals surface area contributed by atoms with Gasteiger partial charge in [0.05, 0.1) is 22.1 Å². The van der Waals surface area contributed by atoms with E-state index in [1.54, 1.807) is 0 Å². The maximum Gasteiger partial charge on any atom is 0.252 e. The van der Waals surface area contributed by atoms with Crippen LogP contribution in [0.3, 0.4) is 0 Å². The first-order chi connectivity index (χ1) is 36.0. The van der Waals surface area contributed by atoms with Crippen LogP contribution in [0.15, 0.2) is 176 Å². The SMILES string of the molecule is CC(C)c1ccc2c(c1)c1cc(C(C)C)cc3c1n2-c1c(-c2cccc4cccc(-c5ccccc5)c24)cc2c4c1B3c1cc(C(C)C)cc3c5cc(C(C)C)cc(c5n-4c13)C21c2ccccc2-c2ccccc21. The van der Waals surface area contributed by atoms with E-state index in [4.69, 9.17) is 0 Å². The summed E-state index contributed by atoms with van der Waals surface area (Å²) in [4.78, 5) is 0. The Bertz CT molecular complexity index is 4450. The van der Waals surface area contributed by atoms with Crippen LogP contribution in [0.25, 0.3) is 99.1 Å². The topological polar surface area (TPSA) is 9.86 Å². The molecular weight excluding hydrogens is 892 g/mol. The van der Waals surface area contributed by atoms with Crippen molar-refractivity contribution < 1.29 is 0 Å². The zero-order valence-electron chi connectivity index (χ0n) is 43.5. The number of hydrogen-bond acceptors (Lipinski definition) is 0. The van der Waals surface area contributed by atoms with E-state index < -0.39 is 5.41 Å². The summed E-state index contributed by atoms with van der Waals surface area (Å²) in [6.07, 6.45) is 0. The lowest BCUT2D eigenvalue weighted by molar-refractivity contribution is 0.744. The molecule has 0 N–H and O–H groups in total. The zero-order chi connectivity index (χ0) is 49.8. The van der Waals surface area contributed by atoms with Gasteiger partial charge in [0.25, 0.3) is 6.71 Å². The predicted octanol–water partition coefficient (Wildman–Crippen LogP) is 16.7. The van der Waals surface area contributed by atoms with Gasteiger partial charge in [-0.25, -0.2) is 0 Å². The third-order valence-corrected chi connectivity index (χ3v) is 18.3. The van der Waals surface area contributed by atoms with Crippen LogP contribution in [0, 0.1) is 0 Å². The van der Waals surface area contributed by atoms with Crippen LogP contribution < -0.4 is 16.4 Å². The van der Waals surface area contributed by atoms with E-state index in [1.807, 2.05) is 0 Å². The zero-order valence-corrected chi connectivity index (χ0v) is 43.5. The van der Waals surface area contributed by atoms with Gasteiger partial charge in [-0.3, -0.25) is 0 Å². The maximum absolute atomic E-state index is 2.81. The summed E-state index contributed by atoms with van der Waals surface area (Å²) < 4.78 is 5.57. The fourth-order valence-corrected chi connectivity index (χ4v) is 14.9. The number of aromatic nitrogens is 2. The summed E-state index contributed by atoms with van der Waals surface area (Å²) in [5.41, 5.74) is 30.6. The van der Waals surface area contributed by atoms with Crippen molar-refractivity contribution in [3.63, 3.8) is 0 Å². The fourth-order valence-electron chi connectivity index (χ4n) is 14.9. The number of benzene rings is 10. The number of rotatable bonds is 6. The molecule has 0 amide bonds. The highest BCUT2D eigenvalue weighted by atomic mass is 15.1. The molecule has 3 heteroatoms. The van der Waals surface area contributed by atoms with Crippen LogP contribution in [-0.2, 0) is 5.41 Å². The van der Waals surface area contributed by atoms with Gasteiger partial charge in [-0.2, -0.15) is 0 Å². The third-order valence-electron chi connectivity index (χ3n) is 18.3. The maximum atomic E-state index is 2.81. The summed E-state index contributed by atoms with van der Waals surface area (Å²) in [5, 5.41) is 8.01. The number of fused-ring (bicyclic) bond motifs is 15. The second-order valence-electron chi connectivity index (χ2n) is 23.5. The van der Waals surface area contributed by atoms with E-state index in [0.29, 0.717) is 23.7 Å². The van der Waals surface area contributed by atoms with Crippen molar-refractivity contribution >= 4 is 77.5 Å². The van der Waals surface area contributed by atoms with E-state index in [2.05, 4.69) is 240 Å². The van der Waals surface area contributed by atoms with Crippen molar-refractivity contribution in [1.29, 1.82) is 0 Å². The van der Waals surface area contributed by atoms with Gasteiger partial charge in [0.15, 0.2) is 0 Å². The van der Waals surface area contributed by atoms with Gasteiger partial charge in [-0.1, -0.05) is 195 Å². The standard InChI is InChI=1S/C71H57BN2/c1-38(2)44-28-29-63-52(30-44)53-32-46(40(5)6)35-61-67(53)73(63)69-56(51-25-17-21-43-20-16-24-48(64(43)51)42-18-10-9-11-19-42)37-60-70-65(69)72(61)62-36-47(41(7)8)33-55-54-31-45(39(3)4)34-59(66(54)74(70)68(55)62)71(60)57-26-14-12-22-49(57)50-23-13-15-27-58(50)71/h9-41H,1-8H3. The summed E-state index contributed by atoms with van der Waals surface area (Å²) in [6.45, 7) is 19.0. The van der Waals surface area contributed by atoms with Crippen molar-refractivity contribution in [3.8, 4) is 44.8 Å². The van der Waals surface area contributed by atoms with Crippen molar-refractivity contribution in [2.75, 3.05) is 0 Å². The van der Waals surface area contributed by atoms with E-state index in [1.165, 1.54) is 160 Å². The Labute approximate surface area is 434 Å². The lowest BCUT2D eigenvalue weighted by atomic mass is 9.33. The molecule has 4 aliphatic rings. The van der Waals surface area contributed by atoms with Crippen LogP contribution in [-0.4, -0.2) is 15.8 Å². The van der Waals surface area contributed by atoms with Crippen molar-refractivity contribution in [2.24, 2.45) is 0 Å². The molecular formula is C71H57BN2. The van der Waals surface area contributed by atoms with Crippen molar-refractivity contribution in [2.45, 2.75) is 84.5 Å². The van der Waals surface area contributed by atoms with Crippen molar-refractivity contribution in [1.82, 2.24) is 9.13 Å². The fraction of sp³-hybridized carbons (Fsp3) is 0.183. The highest BCUT2D eigenvalue weighted by Gasteiger charge is 2.55. The molecule has 2 nitrogen and oxygen atoms in total. The molecule has 12 aromatic rings. The second-order valence-corrected chi connectivity index (χ2v) is 23.5. The van der Waals surface area contributed by atoms with Gasteiger partial charge in [0, 0.05) is 43.8 Å². The molecule has 10 aromatic carbocycles. The van der Waals surface area contributed by atoms with Crippen LogP contribution in [0.5, 0.6) is 0 Å². The Morgan fingerprint density at radius 1 is 0.365 bits per heavy atom. The molecule has 0 saturated heterocycles. The second kappa shape index (κ2) is 14.7. The molecule has 354 valence electrons. The normalized spacial score (nSPS) is 14.2. The summed E-state index contributed by atoms with van der Waals surface area (Å²) >= 11 is 0. The van der Waals surface area contributed by atoms with E-state index in [-0.39, 0.29) is 6.71 Å². The molecule has 0 saturated carbocycles. The lowest BCUT2D eigenvalue weighted by Crippen LogP contribution is -2.61. The molecule has 0 fully saturated rings. The summed E-state index contributed by atoms with van der Waals surface area (Å²) in [6, 6.07) is 69.7. The predicted molar refractivity (Wildman–Crippen MR) is 315 cm³/mol. The lowest BCUT2D eigenvalue weighted by Gasteiger charge is -2.45. The Morgan fingerprint density at radius 3 is 1.53 bits per heavy atom. The molecule has 3 aliphatic heterocycles. The molecule has 0 atom stereocenters. The summed E-state index contributed by atoms with van der Waals surface area (Å²) in [5.74, 6) is 1.42. The molecule has 2 aromatic heterocycles. The van der Waals surface area contributed by atoms with Crippen LogP contribution in [0.2, 0.25) is 0 Å². The van der Waals surface area contributed by atoms with Crippen LogP contribution >= 0.6 is 0 Å². The van der Waals surface area contributed by atoms with Crippen LogP contribution in [0.4, 0.5) is 0 Å². The van der Waals surface area contributed by atoms with E-state index in [0.717, 1.165) is 0 Å². The summed E-state index contributed by atoms with van der Waals surface area (Å²) in [7, 11) is 0. The minimum Gasteiger partial charge on any atom is -0.310 e. The molecule has 0 bridgehead atoms. The van der Waals surface area contributed by atoms with Gasteiger partial charge in [0.1, 0.15) is 0 Å². The smallest absolute Gasteiger partial charge is 0.252 e. The van der Waals surface area contributed by atoms with Gasteiger partial charge in [-0.15, -0.1) is 0 Å². The van der Waals surface area contributed by atoms with Gasteiger partial charge in [0.2, 0.25) is 0 Å². The minimum atomic E-state index is -0.615. The number of hydrogen-bond donors (Lipinski definition) is 0. The first kappa shape index (κ1) is 42.6. The Hall–Kier alpha value is -7.88. The number of nitrogens with zero attached hydrogens (tertiary/aromatic N) is 2. The average molecular weight is 949 g/mol. The molecule has 1 aliphatic carbocycles. The highest BCUT2D eigenvalue weighted by molar-refractivity contribution is 7.00. The molecule has 1 spiro atoms. The van der Waals surface area contributed by atoms with Gasteiger partial charge in [-0.05, 0) is 160 Å². The monoisotopic (exact) mass is 948 g/mol. The Kier molecular flexibility index (Phi) is 8.45. The molecule has 0 radical (unpaired) electrons. The highest BCUT2D eigenvalue weighted by Crippen LogP contribution is 2.63. The molecule has 0 unspecified atom stereocenters. The minimum absolute atomic E-state index is 0.0297. The Balaban J connectivity index is 1.22. The Morgan fingerprint density at radius 2 is 0.892 bits per heavy atom. The molecule has 5 heterocycles. The molecule has 16 rings (SSSR count).